The van der Waals surface area contributed by atoms with E-state index in [4.69, 9.17) is 15.9 Å². The summed E-state index contributed by atoms with van der Waals surface area (Å²) in [6.45, 7) is 3.32. The molecule has 0 bridgehead atoms. The van der Waals surface area contributed by atoms with Crippen molar-refractivity contribution in [3.8, 4) is 11.5 Å². The number of nitrogens with zero attached hydrogens (tertiary/aromatic N) is 2. The van der Waals surface area contributed by atoms with Crippen LogP contribution in [-0.2, 0) is 6.54 Å². The highest BCUT2D eigenvalue weighted by molar-refractivity contribution is 6.06. The molecule has 7 heteroatoms. The average Bonchev–Trinajstić information content (AvgIpc) is 3.38. The van der Waals surface area contributed by atoms with Crippen LogP contribution in [0.25, 0.3) is 10.9 Å². The maximum Gasteiger partial charge on any atom is 0.276 e. The molecule has 1 amide bonds. The van der Waals surface area contributed by atoms with Gasteiger partial charge in [-0.1, -0.05) is 24.3 Å². The fraction of sp³-hybridized carbons (Fsp3) is 0.273. The number of benzene rings is 2. The molecule has 29 heavy (non-hydrogen) atoms. The van der Waals surface area contributed by atoms with E-state index < -0.39 is 0 Å². The van der Waals surface area contributed by atoms with Crippen molar-refractivity contribution in [1.29, 1.82) is 5.41 Å². The Kier molecular flexibility index (Phi) is 5.22. The minimum Gasteiger partial charge on any atom is -0.455 e. The van der Waals surface area contributed by atoms with E-state index in [0.29, 0.717) is 11.4 Å². The van der Waals surface area contributed by atoms with Gasteiger partial charge in [0.2, 0.25) is 0 Å². The van der Waals surface area contributed by atoms with E-state index in [9.17, 15) is 4.79 Å². The van der Waals surface area contributed by atoms with Crippen molar-refractivity contribution in [2.45, 2.75) is 19.4 Å². The molecular weight excluding hydrogens is 366 g/mol. The molecular formula is C22H25N5O2. The fourth-order valence-corrected chi connectivity index (χ4v) is 3.61. The minimum absolute atomic E-state index is 0.306. The van der Waals surface area contributed by atoms with Crippen LogP contribution in [0.15, 0.2) is 48.5 Å². The fourth-order valence-electron chi connectivity index (χ4n) is 3.61. The van der Waals surface area contributed by atoms with Gasteiger partial charge in [0.1, 0.15) is 11.4 Å². The predicted octanol–water partition coefficient (Wildman–Crippen LogP) is 3.52. The number of guanidine groups is 1. The number of likely N-dealkylation sites (tertiary alicyclic amines) is 1. The number of rotatable bonds is 5. The third-order valence-corrected chi connectivity index (χ3v) is 5.27. The number of nitrogens with two attached hydrogens (primary N) is 1. The minimum atomic E-state index is -0.370. The Hall–Kier alpha value is -3.32. The van der Waals surface area contributed by atoms with Crippen molar-refractivity contribution in [3.05, 3.63) is 59.8 Å². The molecule has 1 saturated heterocycles. The molecule has 3 aromatic rings. The molecule has 1 fully saturated rings. The summed E-state index contributed by atoms with van der Waals surface area (Å²) >= 11 is 0. The Morgan fingerprint density at radius 2 is 1.93 bits per heavy atom. The van der Waals surface area contributed by atoms with Gasteiger partial charge in [-0.2, -0.15) is 0 Å². The lowest BCUT2D eigenvalue weighted by Crippen LogP contribution is -2.38. The number of aromatic nitrogens is 1. The van der Waals surface area contributed by atoms with Crippen LogP contribution in [0, 0.1) is 5.41 Å². The largest absolute Gasteiger partial charge is 0.455 e. The Bertz CT molecular complexity index is 1040. The molecule has 4 N–H and O–H groups in total. The van der Waals surface area contributed by atoms with Crippen LogP contribution in [0.1, 0.15) is 28.9 Å². The van der Waals surface area contributed by atoms with Crippen molar-refractivity contribution in [2.24, 2.45) is 5.73 Å². The number of carbonyl (C=O) groups is 1. The number of amides is 1. The summed E-state index contributed by atoms with van der Waals surface area (Å²) in [4.78, 5) is 19.1. The number of ether oxygens (including phenoxy) is 1. The summed E-state index contributed by atoms with van der Waals surface area (Å²) < 4.78 is 6.08. The van der Waals surface area contributed by atoms with Gasteiger partial charge < -0.3 is 15.5 Å². The quantitative estimate of drug-likeness (QED) is 0.458. The van der Waals surface area contributed by atoms with E-state index in [2.05, 4.69) is 22.0 Å². The molecule has 2 aromatic carbocycles. The lowest BCUT2D eigenvalue weighted by atomic mass is 10.2. The lowest BCUT2D eigenvalue weighted by Gasteiger charge is -2.15. The third kappa shape index (κ3) is 4.09. The normalized spacial score (nSPS) is 14.2. The second-order valence-electron chi connectivity index (χ2n) is 7.38. The first-order chi connectivity index (χ1) is 14.0. The number of nitrogens with one attached hydrogen (secondary N) is 2. The number of hydrogen-bond acceptors (Lipinski definition) is 4. The highest BCUT2D eigenvalue weighted by Crippen LogP contribution is 2.30. The maximum absolute atomic E-state index is 12.4. The van der Waals surface area contributed by atoms with Crippen LogP contribution in [-0.4, -0.2) is 46.8 Å². The molecule has 0 atom stereocenters. The molecule has 7 nitrogen and oxygen atoms in total. The topological polar surface area (TPSA) is 98.4 Å². The van der Waals surface area contributed by atoms with Gasteiger partial charge in [0, 0.05) is 19.0 Å². The Labute approximate surface area is 169 Å². The molecule has 0 unspecified atom stereocenters. The first kappa shape index (κ1) is 19.0. The predicted molar refractivity (Wildman–Crippen MR) is 113 cm³/mol. The number of fused-ring (bicyclic) bond motifs is 1. The van der Waals surface area contributed by atoms with Crippen molar-refractivity contribution < 1.29 is 9.53 Å². The van der Waals surface area contributed by atoms with E-state index >= 15 is 0 Å². The molecule has 1 aromatic heterocycles. The molecule has 0 saturated carbocycles. The van der Waals surface area contributed by atoms with E-state index in [0.717, 1.165) is 28.1 Å². The van der Waals surface area contributed by atoms with Gasteiger partial charge in [-0.05, 0) is 55.8 Å². The number of aromatic amines is 1. The van der Waals surface area contributed by atoms with E-state index in [1.165, 1.54) is 38.5 Å². The standard InChI is InChI=1S/C22H25N5O2/c1-26(22(23)24)21(28)18-13-16-5-4-6-19(20(16)25-18)29-17-9-7-15(8-10-17)14-27-11-2-3-12-27/h4-10,13,25H,2-3,11-12,14H2,1H3,(H3,23,24). The van der Waals surface area contributed by atoms with Crippen molar-refractivity contribution in [1.82, 2.24) is 14.8 Å². The summed E-state index contributed by atoms with van der Waals surface area (Å²) in [5, 5.41) is 8.29. The zero-order valence-electron chi connectivity index (χ0n) is 16.4. The second-order valence-corrected chi connectivity index (χ2v) is 7.38. The smallest absolute Gasteiger partial charge is 0.276 e. The van der Waals surface area contributed by atoms with Crippen molar-refractivity contribution in [3.63, 3.8) is 0 Å². The number of carbonyl (C=O) groups excluding carboxylic acids is 1. The Morgan fingerprint density at radius 1 is 1.21 bits per heavy atom. The second kappa shape index (κ2) is 7.97. The van der Waals surface area contributed by atoms with Gasteiger partial charge in [0.25, 0.3) is 5.91 Å². The van der Waals surface area contributed by atoms with Crippen LogP contribution in [0.2, 0.25) is 0 Å². The average molecular weight is 391 g/mol. The zero-order valence-corrected chi connectivity index (χ0v) is 16.4. The summed E-state index contributed by atoms with van der Waals surface area (Å²) in [5.74, 6) is 0.704. The molecule has 4 rings (SSSR count). The van der Waals surface area contributed by atoms with E-state index in [1.54, 1.807) is 6.07 Å². The molecule has 150 valence electrons. The lowest BCUT2D eigenvalue weighted by molar-refractivity contribution is 0.0864. The third-order valence-electron chi connectivity index (χ3n) is 5.27. The van der Waals surface area contributed by atoms with Gasteiger partial charge in [-0.15, -0.1) is 0 Å². The summed E-state index contributed by atoms with van der Waals surface area (Å²) in [5.41, 5.74) is 7.77. The van der Waals surface area contributed by atoms with Crippen LogP contribution >= 0.6 is 0 Å². The first-order valence-corrected chi connectivity index (χ1v) is 9.74. The summed E-state index contributed by atoms with van der Waals surface area (Å²) in [7, 11) is 1.47. The van der Waals surface area contributed by atoms with Crippen molar-refractivity contribution in [2.75, 3.05) is 20.1 Å². The van der Waals surface area contributed by atoms with Crippen LogP contribution in [0.5, 0.6) is 11.5 Å². The molecule has 2 heterocycles. The number of hydrogen-bond donors (Lipinski definition) is 3. The van der Waals surface area contributed by atoms with Crippen molar-refractivity contribution >= 4 is 22.8 Å². The SMILES string of the molecule is CN(C(=N)N)C(=O)c1cc2cccc(Oc3ccc(CN4CCCC4)cc3)c2[nH]1. The molecule has 1 aliphatic rings. The molecule has 0 radical (unpaired) electrons. The molecule has 0 spiro atoms. The highest BCUT2D eigenvalue weighted by Gasteiger charge is 2.18. The van der Waals surface area contributed by atoms with Gasteiger partial charge >= 0.3 is 0 Å². The molecule has 0 aliphatic carbocycles. The van der Waals surface area contributed by atoms with Gasteiger partial charge in [0.05, 0.1) is 5.52 Å². The van der Waals surface area contributed by atoms with E-state index in [1.807, 2.05) is 30.3 Å². The zero-order chi connectivity index (χ0) is 20.4. The number of para-hydroxylation sites is 1. The van der Waals surface area contributed by atoms with Crippen LogP contribution in [0.3, 0.4) is 0 Å². The van der Waals surface area contributed by atoms with Crippen LogP contribution in [0.4, 0.5) is 0 Å². The number of H-pyrrole nitrogens is 1. The van der Waals surface area contributed by atoms with Gasteiger partial charge in [-0.3, -0.25) is 20.0 Å². The maximum atomic E-state index is 12.4. The monoisotopic (exact) mass is 391 g/mol. The van der Waals surface area contributed by atoms with Gasteiger partial charge in [-0.25, -0.2) is 0 Å². The molecule has 1 aliphatic heterocycles. The summed E-state index contributed by atoms with van der Waals surface area (Å²) in [6, 6.07) is 15.5. The Morgan fingerprint density at radius 3 is 2.62 bits per heavy atom. The Balaban J connectivity index is 1.53. The van der Waals surface area contributed by atoms with Gasteiger partial charge in [0.15, 0.2) is 11.7 Å². The van der Waals surface area contributed by atoms with E-state index in [-0.39, 0.29) is 11.9 Å². The first-order valence-electron chi connectivity index (χ1n) is 9.74. The highest BCUT2D eigenvalue weighted by atomic mass is 16.5. The van der Waals surface area contributed by atoms with Crippen LogP contribution < -0.4 is 10.5 Å². The summed E-state index contributed by atoms with van der Waals surface area (Å²) in [6.07, 6.45) is 2.57.